The number of hydrogen-bond donors (Lipinski definition) is 1. The topological polar surface area (TPSA) is 55.4 Å². The maximum Gasteiger partial charge on any atom is 0.147 e. The zero-order chi connectivity index (χ0) is 14.8. The van der Waals surface area contributed by atoms with Crippen LogP contribution in [-0.2, 0) is 14.6 Å². The lowest BCUT2D eigenvalue weighted by atomic mass is 9.97. The van der Waals surface area contributed by atoms with E-state index in [0.29, 0.717) is 25.3 Å². The Morgan fingerprint density at radius 1 is 1.50 bits per heavy atom. The molecule has 20 heavy (non-hydrogen) atoms. The summed E-state index contributed by atoms with van der Waals surface area (Å²) in [5.41, 5.74) is 0.703. The van der Waals surface area contributed by atoms with Crippen LogP contribution in [0.15, 0.2) is 18.2 Å². The van der Waals surface area contributed by atoms with Crippen LogP contribution in [0, 0.1) is 11.7 Å². The van der Waals surface area contributed by atoms with Gasteiger partial charge in [-0.3, -0.25) is 0 Å². The second kappa shape index (κ2) is 6.39. The van der Waals surface area contributed by atoms with Gasteiger partial charge in [0.15, 0.2) is 0 Å². The van der Waals surface area contributed by atoms with Gasteiger partial charge in [0, 0.05) is 25.3 Å². The Balaban J connectivity index is 2.29. The van der Waals surface area contributed by atoms with E-state index in [-0.39, 0.29) is 16.7 Å². The number of halogens is 2. The number of nitrogens with one attached hydrogen (secondary N) is 1. The molecule has 1 aromatic rings. The molecule has 0 radical (unpaired) electrons. The molecule has 112 valence electrons. The first kappa shape index (κ1) is 15.7. The zero-order valence-electron chi connectivity index (χ0n) is 11.1. The Morgan fingerprint density at radius 3 is 2.90 bits per heavy atom. The molecule has 2 rings (SSSR count). The average molecular weight is 322 g/mol. The van der Waals surface area contributed by atoms with Gasteiger partial charge in [-0.1, -0.05) is 17.7 Å². The number of rotatable bonds is 3. The average Bonchev–Trinajstić information content (AvgIpc) is 2.56. The second-order valence-electron chi connectivity index (χ2n) is 5.02. The molecular formula is C13H17ClFNO3S. The SMILES string of the molecule is CS(=O)(=O)C[C@@H]1CNCCO[C@@H]1c1ccc(F)c(Cl)c1. The van der Waals surface area contributed by atoms with Crippen LogP contribution in [0.1, 0.15) is 11.7 Å². The van der Waals surface area contributed by atoms with Crippen molar-refractivity contribution in [2.24, 2.45) is 5.92 Å². The van der Waals surface area contributed by atoms with Crippen molar-refractivity contribution in [3.05, 3.63) is 34.6 Å². The third-order valence-corrected chi connectivity index (χ3v) is 4.52. The van der Waals surface area contributed by atoms with Gasteiger partial charge in [0.1, 0.15) is 15.7 Å². The Morgan fingerprint density at radius 2 is 2.25 bits per heavy atom. The molecule has 1 aliphatic rings. The first-order valence-corrected chi connectivity index (χ1v) is 8.75. The molecule has 1 saturated heterocycles. The largest absolute Gasteiger partial charge is 0.372 e. The predicted octanol–water partition coefficient (Wildman–Crippen LogP) is 1.80. The molecular weight excluding hydrogens is 305 g/mol. The lowest BCUT2D eigenvalue weighted by Crippen LogP contribution is -2.30. The number of benzene rings is 1. The minimum atomic E-state index is -3.13. The zero-order valence-corrected chi connectivity index (χ0v) is 12.7. The maximum absolute atomic E-state index is 13.2. The minimum absolute atomic E-state index is 0.0136. The molecule has 7 heteroatoms. The summed E-state index contributed by atoms with van der Waals surface area (Å²) >= 11 is 5.79. The van der Waals surface area contributed by atoms with E-state index >= 15 is 0 Å². The standard InChI is InChI=1S/C13H17ClFNO3S/c1-20(17,18)8-10-7-16-4-5-19-13(10)9-2-3-12(15)11(14)6-9/h2-3,6,10,13,16H,4-5,7-8H2,1H3/t10-,13+/m0/s1. The van der Waals surface area contributed by atoms with E-state index < -0.39 is 21.8 Å². The molecule has 2 atom stereocenters. The van der Waals surface area contributed by atoms with Gasteiger partial charge in [0.05, 0.1) is 23.5 Å². The third kappa shape index (κ3) is 4.15. The van der Waals surface area contributed by atoms with Crippen molar-refractivity contribution in [3.63, 3.8) is 0 Å². The highest BCUT2D eigenvalue weighted by molar-refractivity contribution is 7.90. The number of sulfone groups is 1. The molecule has 4 nitrogen and oxygen atoms in total. The van der Waals surface area contributed by atoms with E-state index in [2.05, 4.69) is 5.32 Å². The quantitative estimate of drug-likeness (QED) is 0.922. The van der Waals surface area contributed by atoms with E-state index in [0.717, 1.165) is 0 Å². The smallest absolute Gasteiger partial charge is 0.147 e. The van der Waals surface area contributed by atoms with E-state index in [1.54, 1.807) is 6.07 Å². The summed E-state index contributed by atoms with van der Waals surface area (Å²) in [6.07, 6.45) is 0.796. The molecule has 1 fully saturated rings. The van der Waals surface area contributed by atoms with Crippen molar-refractivity contribution in [1.29, 1.82) is 0 Å². The molecule has 0 aliphatic carbocycles. The Labute approximate surface area is 123 Å². The highest BCUT2D eigenvalue weighted by Gasteiger charge is 2.29. The first-order valence-electron chi connectivity index (χ1n) is 6.32. The van der Waals surface area contributed by atoms with Crippen molar-refractivity contribution in [1.82, 2.24) is 5.32 Å². The third-order valence-electron chi connectivity index (χ3n) is 3.20. The van der Waals surface area contributed by atoms with Gasteiger partial charge in [-0.2, -0.15) is 0 Å². The summed E-state index contributed by atoms with van der Waals surface area (Å²) in [5, 5.41) is 3.16. The van der Waals surface area contributed by atoms with Crippen LogP contribution in [-0.4, -0.2) is 40.1 Å². The summed E-state index contributed by atoms with van der Waals surface area (Å²) in [6.45, 7) is 1.67. The first-order chi connectivity index (χ1) is 9.37. The number of hydrogen-bond acceptors (Lipinski definition) is 4. The molecule has 0 spiro atoms. The Hall–Kier alpha value is -0.690. The van der Waals surface area contributed by atoms with Crippen LogP contribution < -0.4 is 5.32 Å². The van der Waals surface area contributed by atoms with E-state index in [4.69, 9.17) is 16.3 Å². The molecule has 0 aromatic heterocycles. The molecule has 0 saturated carbocycles. The summed E-state index contributed by atoms with van der Waals surface area (Å²) in [7, 11) is -3.13. The van der Waals surface area contributed by atoms with Crippen molar-refractivity contribution in [3.8, 4) is 0 Å². The molecule has 1 aliphatic heterocycles. The monoisotopic (exact) mass is 321 g/mol. The molecule has 1 N–H and O–H groups in total. The van der Waals surface area contributed by atoms with E-state index in [1.165, 1.54) is 18.4 Å². The fourth-order valence-electron chi connectivity index (χ4n) is 2.38. The summed E-state index contributed by atoms with van der Waals surface area (Å²) in [4.78, 5) is 0. The number of ether oxygens (including phenoxy) is 1. The van der Waals surface area contributed by atoms with Crippen LogP contribution in [0.25, 0.3) is 0 Å². The van der Waals surface area contributed by atoms with Crippen LogP contribution in [0.5, 0.6) is 0 Å². The van der Waals surface area contributed by atoms with Crippen molar-refractivity contribution < 1.29 is 17.5 Å². The lowest BCUT2D eigenvalue weighted by Gasteiger charge is -2.24. The Kier molecular flexibility index (Phi) is 5.01. The molecule has 0 unspecified atom stereocenters. The van der Waals surface area contributed by atoms with E-state index in [9.17, 15) is 12.8 Å². The molecule has 1 heterocycles. The Bertz CT molecular complexity index is 579. The van der Waals surface area contributed by atoms with Gasteiger partial charge >= 0.3 is 0 Å². The minimum Gasteiger partial charge on any atom is -0.372 e. The van der Waals surface area contributed by atoms with Gasteiger partial charge < -0.3 is 10.1 Å². The highest BCUT2D eigenvalue weighted by Crippen LogP contribution is 2.30. The van der Waals surface area contributed by atoms with Gasteiger partial charge in [0.2, 0.25) is 0 Å². The van der Waals surface area contributed by atoms with Crippen LogP contribution in [0.4, 0.5) is 4.39 Å². The maximum atomic E-state index is 13.2. The van der Waals surface area contributed by atoms with Gasteiger partial charge in [-0.15, -0.1) is 0 Å². The fourth-order valence-corrected chi connectivity index (χ4v) is 3.64. The highest BCUT2D eigenvalue weighted by atomic mass is 35.5. The van der Waals surface area contributed by atoms with Crippen molar-refractivity contribution in [2.45, 2.75) is 6.10 Å². The summed E-state index contributed by atoms with van der Waals surface area (Å²) in [6, 6.07) is 4.37. The molecule has 0 bridgehead atoms. The fraction of sp³-hybridized carbons (Fsp3) is 0.538. The predicted molar refractivity (Wildman–Crippen MR) is 76.2 cm³/mol. The molecule has 1 aromatic carbocycles. The van der Waals surface area contributed by atoms with Crippen LogP contribution in [0.3, 0.4) is 0 Å². The summed E-state index contributed by atoms with van der Waals surface area (Å²) in [5.74, 6) is -0.713. The van der Waals surface area contributed by atoms with Crippen molar-refractivity contribution >= 4 is 21.4 Å². The summed E-state index contributed by atoms with van der Waals surface area (Å²) < 4.78 is 42.0. The lowest BCUT2D eigenvalue weighted by molar-refractivity contribution is 0.0369. The van der Waals surface area contributed by atoms with Crippen LogP contribution >= 0.6 is 11.6 Å². The van der Waals surface area contributed by atoms with Crippen molar-refractivity contribution in [2.75, 3.05) is 31.7 Å². The molecule has 0 amide bonds. The normalized spacial score (nSPS) is 24.4. The second-order valence-corrected chi connectivity index (χ2v) is 7.61. The van der Waals surface area contributed by atoms with Gasteiger partial charge in [-0.05, 0) is 17.7 Å². The van der Waals surface area contributed by atoms with Crippen LogP contribution in [0.2, 0.25) is 5.02 Å². The van der Waals surface area contributed by atoms with Gasteiger partial charge in [0.25, 0.3) is 0 Å². The van der Waals surface area contributed by atoms with Gasteiger partial charge in [-0.25, -0.2) is 12.8 Å². The van der Waals surface area contributed by atoms with E-state index in [1.807, 2.05) is 0 Å².